The van der Waals surface area contributed by atoms with Gasteiger partial charge in [-0.15, -0.1) is 0 Å². The van der Waals surface area contributed by atoms with Crippen LogP contribution in [-0.2, 0) is 0 Å². The number of hydrogen-bond acceptors (Lipinski definition) is 2. The monoisotopic (exact) mass is 325 g/mol. The third-order valence-corrected chi connectivity index (χ3v) is 3.13. The molecule has 2 rings (SSSR count). The van der Waals surface area contributed by atoms with Gasteiger partial charge in [0.05, 0.1) is 10.7 Å². The van der Waals surface area contributed by atoms with Gasteiger partial charge in [0, 0.05) is 10.0 Å². The zero-order valence-corrected chi connectivity index (χ0v) is 11.5. The van der Waals surface area contributed by atoms with Crippen LogP contribution in [0.1, 0.15) is 10.4 Å². The average Bonchev–Trinajstić information content (AvgIpc) is 2.34. The first kappa shape index (κ1) is 12.9. The van der Waals surface area contributed by atoms with Crippen LogP contribution < -0.4 is 5.32 Å². The van der Waals surface area contributed by atoms with E-state index in [2.05, 4.69) is 21.2 Å². The van der Waals surface area contributed by atoms with E-state index >= 15 is 0 Å². The molecule has 0 aliphatic heterocycles. The number of anilines is 1. The predicted octanol–water partition coefficient (Wildman–Crippen LogP) is 4.06. The van der Waals surface area contributed by atoms with Gasteiger partial charge in [-0.2, -0.15) is 0 Å². The normalized spacial score (nSPS) is 10.1. The van der Waals surface area contributed by atoms with Crippen molar-refractivity contribution in [2.45, 2.75) is 0 Å². The van der Waals surface area contributed by atoms with Crippen molar-refractivity contribution in [1.82, 2.24) is 0 Å². The Morgan fingerprint density at radius 2 is 1.83 bits per heavy atom. The summed E-state index contributed by atoms with van der Waals surface area (Å²) in [6, 6.07) is 11.2. The second-order valence-electron chi connectivity index (χ2n) is 3.63. The summed E-state index contributed by atoms with van der Waals surface area (Å²) in [6.45, 7) is 0. The Labute approximate surface area is 118 Å². The molecule has 0 aromatic heterocycles. The van der Waals surface area contributed by atoms with Gasteiger partial charge in [-0.25, -0.2) is 0 Å². The van der Waals surface area contributed by atoms with E-state index in [4.69, 9.17) is 16.7 Å². The first-order chi connectivity index (χ1) is 8.56. The molecule has 92 valence electrons. The minimum atomic E-state index is -0.282. The minimum Gasteiger partial charge on any atom is -0.508 e. The van der Waals surface area contributed by atoms with Gasteiger partial charge in [-0.1, -0.05) is 27.5 Å². The van der Waals surface area contributed by atoms with E-state index in [1.807, 2.05) is 0 Å². The average molecular weight is 327 g/mol. The Morgan fingerprint density at radius 1 is 1.17 bits per heavy atom. The van der Waals surface area contributed by atoms with Crippen molar-refractivity contribution in [3.8, 4) is 5.75 Å². The Kier molecular flexibility index (Phi) is 3.89. The largest absolute Gasteiger partial charge is 0.508 e. The summed E-state index contributed by atoms with van der Waals surface area (Å²) < 4.78 is 0.827. The number of benzene rings is 2. The Balaban J connectivity index is 2.21. The molecule has 0 atom stereocenters. The van der Waals surface area contributed by atoms with Gasteiger partial charge in [-0.05, 0) is 42.5 Å². The number of rotatable bonds is 2. The molecule has 2 N–H and O–H groups in total. The molecular formula is C13H9BrClNO2. The smallest absolute Gasteiger partial charge is 0.255 e. The second kappa shape index (κ2) is 5.42. The molecule has 3 nitrogen and oxygen atoms in total. The standard InChI is InChI=1S/C13H9BrClNO2/c14-9-3-6-11(15)12(7-9)16-13(18)8-1-4-10(17)5-2-8/h1-7,17H,(H,16,18). The summed E-state index contributed by atoms with van der Waals surface area (Å²) in [4.78, 5) is 11.9. The molecule has 0 heterocycles. The molecule has 1 amide bonds. The maximum absolute atomic E-state index is 11.9. The molecule has 0 aliphatic rings. The van der Waals surface area contributed by atoms with Crippen LogP contribution in [0.15, 0.2) is 46.9 Å². The van der Waals surface area contributed by atoms with Gasteiger partial charge in [0.25, 0.3) is 5.91 Å². The number of phenols is 1. The molecule has 0 spiro atoms. The number of phenolic OH excluding ortho intramolecular Hbond substituents is 1. The highest BCUT2D eigenvalue weighted by atomic mass is 79.9. The summed E-state index contributed by atoms with van der Waals surface area (Å²) in [7, 11) is 0. The number of carbonyl (C=O) groups is 1. The maximum Gasteiger partial charge on any atom is 0.255 e. The highest BCUT2D eigenvalue weighted by Crippen LogP contribution is 2.26. The van der Waals surface area contributed by atoms with E-state index in [0.29, 0.717) is 16.3 Å². The zero-order valence-electron chi connectivity index (χ0n) is 9.15. The quantitative estimate of drug-likeness (QED) is 0.874. The van der Waals surface area contributed by atoms with Crippen molar-refractivity contribution in [2.75, 3.05) is 5.32 Å². The topological polar surface area (TPSA) is 49.3 Å². The van der Waals surface area contributed by atoms with Crippen LogP contribution in [0.2, 0.25) is 5.02 Å². The molecule has 5 heteroatoms. The predicted molar refractivity (Wildman–Crippen MR) is 75.2 cm³/mol. The number of aromatic hydroxyl groups is 1. The number of halogens is 2. The molecule has 18 heavy (non-hydrogen) atoms. The highest BCUT2D eigenvalue weighted by molar-refractivity contribution is 9.10. The van der Waals surface area contributed by atoms with Crippen LogP contribution >= 0.6 is 27.5 Å². The Hall–Kier alpha value is -1.52. The molecule has 2 aromatic carbocycles. The van der Waals surface area contributed by atoms with Crippen molar-refractivity contribution in [1.29, 1.82) is 0 Å². The van der Waals surface area contributed by atoms with Crippen LogP contribution in [-0.4, -0.2) is 11.0 Å². The van der Waals surface area contributed by atoms with E-state index in [1.165, 1.54) is 24.3 Å². The fraction of sp³-hybridized carbons (Fsp3) is 0. The van der Waals surface area contributed by atoms with Crippen molar-refractivity contribution in [3.05, 3.63) is 57.5 Å². The summed E-state index contributed by atoms with van der Waals surface area (Å²) in [5.74, 6) is -0.165. The lowest BCUT2D eigenvalue weighted by Crippen LogP contribution is -2.11. The summed E-state index contributed by atoms with van der Waals surface area (Å²) >= 11 is 9.29. The molecule has 0 saturated heterocycles. The molecular weight excluding hydrogens is 318 g/mol. The number of carbonyl (C=O) groups excluding carboxylic acids is 1. The van der Waals surface area contributed by atoms with Gasteiger partial charge in [0.1, 0.15) is 5.75 Å². The third-order valence-electron chi connectivity index (χ3n) is 2.31. The minimum absolute atomic E-state index is 0.118. The van der Waals surface area contributed by atoms with E-state index in [-0.39, 0.29) is 11.7 Å². The Bertz CT molecular complexity index is 584. The fourth-order valence-electron chi connectivity index (χ4n) is 1.40. The number of nitrogens with one attached hydrogen (secondary N) is 1. The molecule has 0 unspecified atom stereocenters. The first-order valence-corrected chi connectivity index (χ1v) is 6.29. The lowest BCUT2D eigenvalue weighted by molar-refractivity contribution is 0.102. The lowest BCUT2D eigenvalue weighted by Gasteiger charge is -2.07. The third kappa shape index (κ3) is 3.03. The zero-order chi connectivity index (χ0) is 13.1. The lowest BCUT2D eigenvalue weighted by atomic mass is 10.2. The van der Waals surface area contributed by atoms with Crippen LogP contribution in [0.4, 0.5) is 5.69 Å². The molecule has 0 fully saturated rings. The molecule has 2 aromatic rings. The van der Waals surface area contributed by atoms with Crippen molar-refractivity contribution in [3.63, 3.8) is 0 Å². The van der Waals surface area contributed by atoms with Crippen LogP contribution in [0, 0.1) is 0 Å². The molecule has 0 aliphatic carbocycles. The highest BCUT2D eigenvalue weighted by Gasteiger charge is 2.08. The van der Waals surface area contributed by atoms with Gasteiger partial charge in [0.15, 0.2) is 0 Å². The summed E-state index contributed by atoms with van der Waals surface area (Å²) in [5.41, 5.74) is 0.980. The second-order valence-corrected chi connectivity index (χ2v) is 4.95. The van der Waals surface area contributed by atoms with Crippen LogP contribution in [0.5, 0.6) is 5.75 Å². The van der Waals surface area contributed by atoms with E-state index in [0.717, 1.165) is 4.47 Å². The van der Waals surface area contributed by atoms with E-state index in [1.54, 1.807) is 18.2 Å². The van der Waals surface area contributed by atoms with E-state index < -0.39 is 0 Å². The van der Waals surface area contributed by atoms with Crippen molar-refractivity contribution >= 4 is 39.1 Å². The summed E-state index contributed by atoms with van der Waals surface area (Å²) in [6.07, 6.45) is 0. The SMILES string of the molecule is O=C(Nc1cc(Br)ccc1Cl)c1ccc(O)cc1. The van der Waals surface area contributed by atoms with Crippen LogP contribution in [0.25, 0.3) is 0 Å². The van der Waals surface area contributed by atoms with Crippen LogP contribution in [0.3, 0.4) is 0 Å². The van der Waals surface area contributed by atoms with Crippen molar-refractivity contribution in [2.24, 2.45) is 0 Å². The van der Waals surface area contributed by atoms with Crippen molar-refractivity contribution < 1.29 is 9.90 Å². The summed E-state index contributed by atoms with van der Waals surface area (Å²) in [5, 5.41) is 12.3. The number of hydrogen-bond donors (Lipinski definition) is 2. The Morgan fingerprint density at radius 3 is 2.50 bits per heavy atom. The first-order valence-electron chi connectivity index (χ1n) is 5.12. The maximum atomic E-state index is 11.9. The molecule has 0 bridgehead atoms. The van der Waals surface area contributed by atoms with E-state index in [9.17, 15) is 4.79 Å². The van der Waals surface area contributed by atoms with Gasteiger partial charge in [0.2, 0.25) is 0 Å². The van der Waals surface area contributed by atoms with Gasteiger partial charge < -0.3 is 10.4 Å². The van der Waals surface area contributed by atoms with Gasteiger partial charge in [-0.3, -0.25) is 4.79 Å². The molecule has 0 radical (unpaired) electrons. The fourth-order valence-corrected chi connectivity index (χ4v) is 1.93. The van der Waals surface area contributed by atoms with Gasteiger partial charge >= 0.3 is 0 Å². The number of amides is 1. The molecule has 0 saturated carbocycles.